The van der Waals surface area contributed by atoms with Crippen molar-refractivity contribution in [3.63, 3.8) is 0 Å². The molecule has 1 aromatic rings. The van der Waals surface area contributed by atoms with Gasteiger partial charge < -0.3 is 20.0 Å². The molecule has 0 atom stereocenters. The van der Waals surface area contributed by atoms with Crippen molar-refractivity contribution in [3.05, 3.63) is 30.1 Å². The highest BCUT2D eigenvalue weighted by Gasteiger charge is 2.49. The predicted octanol–water partition coefficient (Wildman–Crippen LogP) is 2.91. The van der Waals surface area contributed by atoms with Crippen LogP contribution in [0.3, 0.4) is 0 Å². The van der Waals surface area contributed by atoms with Crippen molar-refractivity contribution < 1.29 is 50.9 Å². The van der Waals surface area contributed by atoms with Crippen molar-refractivity contribution >= 4 is 17.8 Å². The van der Waals surface area contributed by atoms with Gasteiger partial charge in [0.05, 0.1) is 0 Å². The first kappa shape index (κ1) is 27.3. The van der Waals surface area contributed by atoms with E-state index in [0.29, 0.717) is 5.41 Å². The summed E-state index contributed by atoms with van der Waals surface area (Å²) in [6.07, 6.45) is -2.67. The van der Waals surface area contributed by atoms with Crippen molar-refractivity contribution in [2.24, 2.45) is 11.3 Å². The minimum Gasteiger partial charge on any atom is -0.475 e. The molecule has 34 heavy (non-hydrogen) atoms. The molecule has 1 aliphatic carbocycles. The lowest BCUT2D eigenvalue weighted by molar-refractivity contribution is -0.193. The number of halogens is 6. The van der Waals surface area contributed by atoms with Crippen LogP contribution in [0.1, 0.15) is 29.6 Å². The average molecular weight is 499 g/mol. The summed E-state index contributed by atoms with van der Waals surface area (Å²) >= 11 is 0. The number of rotatable bonds is 3. The molecule has 4 rings (SSSR count). The first-order valence-corrected chi connectivity index (χ1v) is 10.1. The highest BCUT2D eigenvalue weighted by atomic mass is 19.4. The van der Waals surface area contributed by atoms with Gasteiger partial charge in [0.15, 0.2) is 0 Å². The number of pyridine rings is 1. The molecular formula is C20H23F6N3O5. The molecule has 3 aliphatic rings. The fourth-order valence-corrected chi connectivity index (χ4v) is 3.69. The van der Waals surface area contributed by atoms with E-state index < -0.39 is 24.3 Å². The van der Waals surface area contributed by atoms with Crippen LogP contribution in [0.5, 0.6) is 0 Å². The molecule has 0 radical (unpaired) electrons. The smallest absolute Gasteiger partial charge is 0.475 e. The van der Waals surface area contributed by atoms with Crippen LogP contribution in [-0.2, 0) is 9.59 Å². The summed E-state index contributed by atoms with van der Waals surface area (Å²) in [4.78, 5) is 38.7. The number of nitrogens with zero attached hydrogens (tertiary/aromatic N) is 3. The number of carboxylic acid groups (broad SMARTS) is 2. The van der Waals surface area contributed by atoms with E-state index in [1.54, 1.807) is 24.5 Å². The Bertz CT molecular complexity index is 844. The topological polar surface area (TPSA) is 111 Å². The highest BCUT2D eigenvalue weighted by molar-refractivity contribution is 5.94. The molecule has 3 heterocycles. The van der Waals surface area contributed by atoms with Gasteiger partial charge >= 0.3 is 24.3 Å². The predicted molar refractivity (Wildman–Crippen MR) is 104 cm³/mol. The molecule has 2 N–H and O–H groups in total. The summed E-state index contributed by atoms with van der Waals surface area (Å²) in [5.41, 5.74) is 1.17. The van der Waals surface area contributed by atoms with Crippen LogP contribution in [0.15, 0.2) is 24.5 Å². The second-order valence-corrected chi connectivity index (χ2v) is 8.43. The number of aromatic nitrogens is 1. The van der Waals surface area contributed by atoms with Crippen LogP contribution in [-0.4, -0.2) is 87.9 Å². The third-order valence-electron chi connectivity index (χ3n) is 5.48. The Balaban J connectivity index is 0.000000244. The SMILES string of the molecule is O=C(O)C(F)(F)F.O=C(O)C(F)(F)F.O=C(c1ccncc1)N1CC2(CCN(CC3CC3)C2)C1. The third-order valence-corrected chi connectivity index (χ3v) is 5.48. The summed E-state index contributed by atoms with van der Waals surface area (Å²) in [6, 6.07) is 3.61. The maximum absolute atomic E-state index is 12.3. The van der Waals surface area contributed by atoms with Crippen molar-refractivity contribution in [3.8, 4) is 0 Å². The second-order valence-electron chi connectivity index (χ2n) is 8.43. The van der Waals surface area contributed by atoms with Gasteiger partial charge in [0.25, 0.3) is 5.91 Å². The fourth-order valence-electron chi connectivity index (χ4n) is 3.69. The largest absolute Gasteiger partial charge is 0.490 e. The molecule has 0 unspecified atom stereocenters. The monoisotopic (exact) mass is 499 g/mol. The summed E-state index contributed by atoms with van der Waals surface area (Å²) < 4.78 is 63.5. The van der Waals surface area contributed by atoms with Gasteiger partial charge in [-0.25, -0.2) is 9.59 Å². The van der Waals surface area contributed by atoms with E-state index in [1.807, 2.05) is 4.90 Å². The van der Waals surface area contributed by atoms with E-state index in [-0.39, 0.29) is 5.91 Å². The molecule has 3 fully saturated rings. The van der Waals surface area contributed by atoms with E-state index in [1.165, 1.54) is 38.9 Å². The molecule has 1 spiro atoms. The fraction of sp³-hybridized carbons (Fsp3) is 0.600. The lowest BCUT2D eigenvalue weighted by Gasteiger charge is -2.48. The van der Waals surface area contributed by atoms with Crippen LogP contribution in [0.4, 0.5) is 26.3 Å². The molecule has 1 amide bonds. The molecule has 14 heteroatoms. The number of hydrogen-bond donors (Lipinski definition) is 2. The van der Waals surface area contributed by atoms with Crippen LogP contribution < -0.4 is 0 Å². The van der Waals surface area contributed by atoms with E-state index in [4.69, 9.17) is 19.8 Å². The van der Waals surface area contributed by atoms with Gasteiger partial charge in [-0.3, -0.25) is 9.78 Å². The molecule has 0 bridgehead atoms. The Hall–Kier alpha value is -2.90. The number of carbonyl (C=O) groups is 3. The summed E-state index contributed by atoms with van der Waals surface area (Å²) in [6.45, 7) is 5.60. The molecule has 8 nitrogen and oxygen atoms in total. The highest BCUT2D eigenvalue weighted by Crippen LogP contribution is 2.41. The van der Waals surface area contributed by atoms with E-state index >= 15 is 0 Å². The van der Waals surface area contributed by atoms with Crippen LogP contribution in [0, 0.1) is 11.3 Å². The second kappa shape index (κ2) is 10.6. The maximum atomic E-state index is 12.3. The van der Waals surface area contributed by atoms with Gasteiger partial charge in [-0.15, -0.1) is 0 Å². The lowest BCUT2D eigenvalue weighted by atomic mass is 9.78. The number of hydrogen-bond acceptors (Lipinski definition) is 5. The average Bonchev–Trinajstić information content (AvgIpc) is 3.42. The van der Waals surface area contributed by atoms with E-state index in [0.717, 1.165) is 24.6 Å². The van der Waals surface area contributed by atoms with Crippen LogP contribution in [0.25, 0.3) is 0 Å². The molecule has 2 aliphatic heterocycles. The van der Waals surface area contributed by atoms with Crippen molar-refractivity contribution in [1.82, 2.24) is 14.8 Å². The summed E-state index contributed by atoms with van der Waals surface area (Å²) in [5.74, 6) is -4.38. The van der Waals surface area contributed by atoms with Gasteiger partial charge in [-0.1, -0.05) is 0 Å². The first-order chi connectivity index (χ1) is 15.6. The van der Waals surface area contributed by atoms with E-state index in [2.05, 4.69) is 9.88 Å². The molecular weight excluding hydrogens is 476 g/mol. The van der Waals surface area contributed by atoms with Crippen molar-refractivity contribution in [2.75, 3.05) is 32.7 Å². The number of amides is 1. The molecule has 2 saturated heterocycles. The molecule has 1 aromatic heterocycles. The Kier molecular flexibility index (Phi) is 8.50. The number of aliphatic carboxylic acids is 2. The molecule has 1 saturated carbocycles. The first-order valence-electron chi connectivity index (χ1n) is 10.1. The van der Waals surface area contributed by atoms with Gasteiger partial charge in [-0.05, 0) is 43.9 Å². The zero-order valence-corrected chi connectivity index (χ0v) is 17.8. The number of alkyl halides is 6. The third kappa shape index (κ3) is 8.15. The van der Waals surface area contributed by atoms with E-state index in [9.17, 15) is 31.1 Å². The van der Waals surface area contributed by atoms with Gasteiger partial charge in [0.2, 0.25) is 0 Å². The normalized spacial score (nSPS) is 19.3. The minimum atomic E-state index is -5.08. The number of carbonyl (C=O) groups excluding carboxylic acids is 1. The zero-order chi connectivity index (χ0) is 25.7. The Morgan fingerprint density at radius 3 is 1.82 bits per heavy atom. The standard InChI is InChI=1S/C16H21N3O.2C2HF3O2/c20-15(14-3-6-17-7-4-14)19-11-16(12-19)5-8-18(10-16)9-13-1-2-13;2*3-2(4,5)1(6)7/h3-4,6-7,13H,1-2,5,8-12H2;2*(H,6,7). The van der Waals surface area contributed by atoms with Gasteiger partial charge in [0.1, 0.15) is 0 Å². The number of carboxylic acids is 2. The lowest BCUT2D eigenvalue weighted by Crippen LogP contribution is -2.59. The minimum absolute atomic E-state index is 0.165. The summed E-state index contributed by atoms with van der Waals surface area (Å²) in [5, 5.41) is 14.2. The number of likely N-dealkylation sites (tertiary alicyclic amines) is 2. The van der Waals surface area contributed by atoms with Crippen LogP contribution in [0.2, 0.25) is 0 Å². The van der Waals surface area contributed by atoms with Crippen molar-refractivity contribution in [1.29, 1.82) is 0 Å². The maximum Gasteiger partial charge on any atom is 0.490 e. The van der Waals surface area contributed by atoms with Crippen LogP contribution >= 0.6 is 0 Å². The Labute approximate surface area is 190 Å². The quantitative estimate of drug-likeness (QED) is 0.616. The van der Waals surface area contributed by atoms with Gasteiger partial charge in [-0.2, -0.15) is 26.3 Å². The van der Waals surface area contributed by atoms with Crippen molar-refractivity contribution in [2.45, 2.75) is 31.6 Å². The zero-order valence-electron chi connectivity index (χ0n) is 17.8. The Morgan fingerprint density at radius 2 is 1.41 bits per heavy atom. The Morgan fingerprint density at radius 1 is 0.941 bits per heavy atom. The molecule has 190 valence electrons. The summed E-state index contributed by atoms with van der Waals surface area (Å²) in [7, 11) is 0. The van der Waals surface area contributed by atoms with Gasteiger partial charge in [0, 0.05) is 49.6 Å². The molecule has 0 aromatic carbocycles.